The largest absolute Gasteiger partial charge is 0.444 e. The summed E-state index contributed by atoms with van der Waals surface area (Å²) in [6.07, 6.45) is -0.641. The van der Waals surface area contributed by atoms with Crippen molar-refractivity contribution in [2.24, 2.45) is 0 Å². The lowest BCUT2D eigenvalue weighted by Gasteiger charge is -2.23. The summed E-state index contributed by atoms with van der Waals surface area (Å²) >= 11 is 7.26. The topological polar surface area (TPSA) is 55.4 Å². The molecule has 0 aliphatic carbocycles. The zero-order valence-electron chi connectivity index (χ0n) is 12.6. The van der Waals surface area contributed by atoms with Gasteiger partial charge < -0.3 is 10.1 Å². The fourth-order valence-electron chi connectivity index (χ4n) is 1.62. The maximum atomic E-state index is 12.2. The van der Waals surface area contributed by atoms with E-state index in [0.29, 0.717) is 16.3 Å². The van der Waals surface area contributed by atoms with Gasteiger partial charge in [0, 0.05) is 10.6 Å². The Morgan fingerprint density at radius 3 is 2.48 bits per heavy atom. The molecule has 1 unspecified atom stereocenters. The number of halogens is 1. The summed E-state index contributed by atoms with van der Waals surface area (Å²) < 4.78 is 5.20. The van der Waals surface area contributed by atoms with Gasteiger partial charge in [-0.2, -0.15) is 0 Å². The monoisotopic (exact) mass is 329 g/mol. The molecule has 1 aromatic carbocycles. The van der Waals surface area contributed by atoms with Crippen LogP contribution in [0.3, 0.4) is 0 Å². The van der Waals surface area contributed by atoms with Crippen molar-refractivity contribution in [3.05, 3.63) is 34.9 Å². The van der Waals surface area contributed by atoms with E-state index >= 15 is 0 Å². The number of alkyl carbamates (subject to hydrolysis) is 1. The van der Waals surface area contributed by atoms with Gasteiger partial charge in [-0.25, -0.2) is 4.79 Å². The molecule has 1 N–H and O–H groups in total. The minimum atomic E-state index is -0.821. The van der Waals surface area contributed by atoms with E-state index in [1.54, 1.807) is 45.0 Å². The number of hydrogen-bond donors (Lipinski definition) is 1. The molecule has 6 heteroatoms. The fourth-order valence-corrected chi connectivity index (χ4v) is 2.51. The molecule has 0 aromatic heterocycles. The predicted octanol–water partition coefficient (Wildman–Crippen LogP) is 4.19. The Bertz CT molecular complexity index is 514. The van der Waals surface area contributed by atoms with Gasteiger partial charge >= 0.3 is 6.09 Å². The molecule has 1 atom stereocenters. The Hall–Kier alpha value is -1.20. The Kier molecular flexibility index (Phi) is 6.55. The average molecular weight is 330 g/mol. The second-order valence-corrected chi connectivity index (χ2v) is 7.03. The number of ether oxygens (including phenoxy) is 1. The number of nitrogens with one attached hydrogen (secondary N) is 1. The molecule has 21 heavy (non-hydrogen) atoms. The van der Waals surface area contributed by atoms with Crippen LogP contribution >= 0.6 is 23.4 Å². The first-order valence-corrected chi connectivity index (χ1v) is 8.01. The first kappa shape index (κ1) is 17.9. The van der Waals surface area contributed by atoms with Gasteiger partial charge in [0.15, 0.2) is 0 Å². The molecule has 0 spiro atoms. The molecule has 0 bridgehead atoms. The second-order valence-electron chi connectivity index (χ2n) is 5.35. The van der Waals surface area contributed by atoms with E-state index in [-0.39, 0.29) is 5.12 Å². The predicted molar refractivity (Wildman–Crippen MR) is 86.7 cm³/mol. The van der Waals surface area contributed by atoms with E-state index in [4.69, 9.17) is 16.3 Å². The lowest BCUT2D eigenvalue weighted by Crippen LogP contribution is -2.37. The molecule has 0 aliphatic rings. The Labute approximate surface area is 134 Å². The molecule has 1 aromatic rings. The number of benzene rings is 1. The number of thioether (sulfide) groups is 1. The van der Waals surface area contributed by atoms with Crippen molar-refractivity contribution in [3.63, 3.8) is 0 Å². The third-order valence-corrected chi connectivity index (χ3v) is 3.55. The molecule has 116 valence electrons. The van der Waals surface area contributed by atoms with Gasteiger partial charge in [0.2, 0.25) is 5.12 Å². The minimum Gasteiger partial charge on any atom is -0.444 e. The van der Waals surface area contributed by atoms with Crippen molar-refractivity contribution in [3.8, 4) is 0 Å². The van der Waals surface area contributed by atoms with Gasteiger partial charge in [-0.1, -0.05) is 48.5 Å². The first-order valence-electron chi connectivity index (χ1n) is 6.65. The van der Waals surface area contributed by atoms with Gasteiger partial charge in [-0.15, -0.1) is 0 Å². The smallest absolute Gasteiger partial charge is 0.408 e. The Morgan fingerprint density at radius 2 is 1.95 bits per heavy atom. The highest BCUT2D eigenvalue weighted by atomic mass is 35.5. The van der Waals surface area contributed by atoms with E-state index in [2.05, 4.69) is 5.32 Å². The van der Waals surface area contributed by atoms with Crippen LogP contribution in [0.5, 0.6) is 0 Å². The average Bonchev–Trinajstić information content (AvgIpc) is 2.35. The highest BCUT2D eigenvalue weighted by molar-refractivity contribution is 8.13. The van der Waals surface area contributed by atoms with E-state index < -0.39 is 17.7 Å². The quantitative estimate of drug-likeness (QED) is 0.900. The van der Waals surface area contributed by atoms with Crippen LogP contribution in [0.15, 0.2) is 24.3 Å². The van der Waals surface area contributed by atoms with Crippen LogP contribution < -0.4 is 5.32 Å². The van der Waals surface area contributed by atoms with Gasteiger partial charge in [0.25, 0.3) is 0 Å². The summed E-state index contributed by atoms with van der Waals surface area (Å²) in [4.78, 5) is 24.2. The molecule has 1 rings (SSSR count). The van der Waals surface area contributed by atoms with Crippen LogP contribution in [0, 0.1) is 0 Å². The maximum Gasteiger partial charge on any atom is 0.408 e. The summed E-state index contributed by atoms with van der Waals surface area (Å²) in [6, 6.07) is 6.13. The van der Waals surface area contributed by atoms with Crippen molar-refractivity contribution >= 4 is 34.6 Å². The van der Waals surface area contributed by atoms with Crippen LogP contribution in [-0.2, 0) is 9.53 Å². The molecule has 0 aliphatic heterocycles. The maximum absolute atomic E-state index is 12.2. The Balaban J connectivity index is 2.96. The normalized spacial score (nSPS) is 12.6. The summed E-state index contributed by atoms with van der Waals surface area (Å²) in [7, 11) is 0. The van der Waals surface area contributed by atoms with E-state index in [0.717, 1.165) is 11.8 Å². The van der Waals surface area contributed by atoms with Gasteiger partial charge in [-0.3, -0.25) is 4.79 Å². The van der Waals surface area contributed by atoms with Crippen LogP contribution in [-0.4, -0.2) is 22.6 Å². The van der Waals surface area contributed by atoms with Crippen LogP contribution in [0.2, 0.25) is 5.02 Å². The first-order chi connectivity index (χ1) is 9.74. The zero-order valence-corrected chi connectivity index (χ0v) is 14.2. The molecule has 0 saturated carbocycles. The number of carbonyl (C=O) groups excluding carboxylic acids is 2. The molecular formula is C15H20ClNO3S. The summed E-state index contributed by atoms with van der Waals surface area (Å²) in [5, 5.41) is 2.86. The fraction of sp³-hybridized carbons (Fsp3) is 0.467. The molecule has 4 nitrogen and oxygen atoms in total. The third kappa shape index (κ3) is 5.98. The summed E-state index contributed by atoms with van der Waals surface area (Å²) in [5.74, 6) is 0.621. The van der Waals surface area contributed by atoms with Crippen molar-refractivity contribution in [1.82, 2.24) is 5.32 Å². The van der Waals surface area contributed by atoms with E-state index in [1.165, 1.54) is 0 Å². The minimum absolute atomic E-state index is 0.170. The van der Waals surface area contributed by atoms with Crippen molar-refractivity contribution in [2.75, 3.05) is 5.75 Å². The number of rotatable bonds is 4. The summed E-state index contributed by atoms with van der Waals surface area (Å²) in [5.41, 5.74) is -0.0632. The molecule has 0 saturated heterocycles. The standard InChI is InChI=1S/C15H20ClNO3S/c1-5-21-13(18)12(10-8-6-7-9-11(10)16)17-14(19)20-15(2,3)4/h6-9,12H,5H2,1-4H3,(H,17,19). The van der Waals surface area contributed by atoms with Gasteiger partial charge in [0.05, 0.1) is 0 Å². The van der Waals surface area contributed by atoms with Crippen LogP contribution in [0.1, 0.15) is 39.3 Å². The molecule has 1 amide bonds. The second kappa shape index (κ2) is 7.71. The zero-order chi connectivity index (χ0) is 16.0. The van der Waals surface area contributed by atoms with Crippen molar-refractivity contribution in [2.45, 2.75) is 39.3 Å². The van der Waals surface area contributed by atoms with Gasteiger partial charge in [-0.05, 0) is 32.6 Å². The Morgan fingerprint density at radius 1 is 1.33 bits per heavy atom. The molecular weight excluding hydrogens is 310 g/mol. The SMILES string of the molecule is CCSC(=O)C(NC(=O)OC(C)(C)C)c1ccccc1Cl. The summed E-state index contributed by atoms with van der Waals surface area (Å²) in [6.45, 7) is 7.17. The highest BCUT2D eigenvalue weighted by Gasteiger charge is 2.27. The molecule has 0 radical (unpaired) electrons. The van der Waals surface area contributed by atoms with E-state index in [9.17, 15) is 9.59 Å². The third-order valence-electron chi connectivity index (χ3n) is 2.40. The molecule has 0 fully saturated rings. The molecule has 0 heterocycles. The lowest BCUT2D eigenvalue weighted by molar-refractivity contribution is -0.113. The van der Waals surface area contributed by atoms with Crippen molar-refractivity contribution < 1.29 is 14.3 Å². The highest BCUT2D eigenvalue weighted by Crippen LogP contribution is 2.27. The number of amides is 1. The van der Waals surface area contributed by atoms with Gasteiger partial charge in [0.1, 0.15) is 11.6 Å². The van der Waals surface area contributed by atoms with Crippen molar-refractivity contribution in [1.29, 1.82) is 0 Å². The van der Waals surface area contributed by atoms with Crippen LogP contribution in [0.4, 0.5) is 4.79 Å². The number of carbonyl (C=O) groups is 2. The number of hydrogen-bond acceptors (Lipinski definition) is 4. The van der Waals surface area contributed by atoms with Crippen LogP contribution in [0.25, 0.3) is 0 Å². The van der Waals surface area contributed by atoms with E-state index in [1.807, 2.05) is 6.92 Å². The lowest BCUT2D eigenvalue weighted by atomic mass is 10.1.